The maximum Gasteiger partial charge on any atom is 0.407 e. The van der Waals surface area contributed by atoms with Gasteiger partial charge in [-0.1, -0.05) is 13.3 Å². The number of alkyl carbamates (subject to hydrolysis) is 1. The lowest BCUT2D eigenvalue weighted by molar-refractivity contribution is 0.0452. The molecule has 6 nitrogen and oxygen atoms in total. The van der Waals surface area contributed by atoms with Crippen molar-refractivity contribution in [1.82, 2.24) is 5.32 Å². The molecule has 0 fully saturated rings. The average molecular weight is 352 g/mol. The van der Waals surface area contributed by atoms with Crippen LogP contribution in [0.5, 0.6) is 0 Å². The van der Waals surface area contributed by atoms with Crippen molar-refractivity contribution in [3.8, 4) is 0 Å². The molecule has 0 saturated heterocycles. The number of aliphatic hydroxyl groups excluding tert-OH is 1. The molecule has 0 spiro atoms. The molecule has 0 aliphatic carbocycles. The van der Waals surface area contributed by atoms with E-state index in [1.165, 1.54) is 0 Å². The normalized spacial score (nSPS) is 15.3. The molecule has 0 aromatic carbocycles. The summed E-state index contributed by atoms with van der Waals surface area (Å²) in [6.07, 6.45) is 1.18. The number of hydrogen-bond acceptors (Lipinski definition) is 5. The molecule has 0 saturated carbocycles. The highest BCUT2D eigenvalue weighted by molar-refractivity contribution is 7.91. The number of aliphatic hydroxyl groups is 1. The van der Waals surface area contributed by atoms with E-state index in [9.17, 15) is 18.3 Å². The van der Waals surface area contributed by atoms with E-state index < -0.39 is 32.2 Å². The number of carbonyl (C=O) groups excluding carboxylic acids is 1. The standard InChI is InChI=1S/C16H33NO5S/c1-7-8-16(12-18,9-10-23(20,21)13(2)3)11-17-14(19)22-15(4,5)6/h13,18H,7-12H2,1-6H3,(H,17,19). The Morgan fingerprint density at radius 3 is 2.17 bits per heavy atom. The van der Waals surface area contributed by atoms with Gasteiger partial charge in [-0.25, -0.2) is 13.2 Å². The molecule has 0 aliphatic rings. The van der Waals surface area contributed by atoms with Gasteiger partial charge in [0.25, 0.3) is 0 Å². The van der Waals surface area contributed by atoms with Crippen molar-refractivity contribution in [2.24, 2.45) is 5.41 Å². The van der Waals surface area contributed by atoms with E-state index in [0.29, 0.717) is 12.8 Å². The first-order valence-electron chi connectivity index (χ1n) is 8.17. The average Bonchev–Trinajstić information content (AvgIpc) is 2.40. The molecular formula is C16H33NO5S. The monoisotopic (exact) mass is 351 g/mol. The molecule has 23 heavy (non-hydrogen) atoms. The highest BCUT2D eigenvalue weighted by Crippen LogP contribution is 2.28. The lowest BCUT2D eigenvalue weighted by Gasteiger charge is -2.32. The molecule has 1 atom stereocenters. The molecule has 0 heterocycles. The third-order valence-electron chi connectivity index (χ3n) is 3.76. The molecule has 7 heteroatoms. The second kappa shape index (κ2) is 8.87. The quantitative estimate of drug-likeness (QED) is 0.666. The SMILES string of the molecule is CCCC(CO)(CCS(=O)(=O)C(C)C)CNC(=O)OC(C)(C)C. The maximum atomic E-state index is 12.0. The molecule has 0 radical (unpaired) electrons. The van der Waals surface area contributed by atoms with Gasteiger partial charge in [-0.3, -0.25) is 0 Å². The molecule has 2 N–H and O–H groups in total. The van der Waals surface area contributed by atoms with Crippen LogP contribution in [0.1, 0.15) is 60.8 Å². The first kappa shape index (κ1) is 22.2. The van der Waals surface area contributed by atoms with Crippen LogP contribution in [0, 0.1) is 5.41 Å². The fraction of sp³-hybridized carbons (Fsp3) is 0.938. The summed E-state index contributed by atoms with van der Waals surface area (Å²) in [5.74, 6) is 0.00122. The van der Waals surface area contributed by atoms with Crippen molar-refractivity contribution in [3.05, 3.63) is 0 Å². The summed E-state index contributed by atoms with van der Waals surface area (Å²) < 4.78 is 29.2. The Bertz CT molecular complexity index is 467. The van der Waals surface area contributed by atoms with Gasteiger partial charge >= 0.3 is 6.09 Å². The second-order valence-corrected chi connectivity index (χ2v) is 10.1. The Hall–Kier alpha value is -0.820. The minimum absolute atomic E-state index is 0.00122. The van der Waals surface area contributed by atoms with Crippen molar-refractivity contribution >= 4 is 15.9 Å². The Labute approximate surface area is 140 Å². The van der Waals surface area contributed by atoms with Gasteiger partial charge in [0.1, 0.15) is 5.60 Å². The Kier molecular flexibility index (Phi) is 8.56. The van der Waals surface area contributed by atoms with E-state index in [-0.39, 0.29) is 18.9 Å². The summed E-state index contributed by atoms with van der Waals surface area (Å²) in [7, 11) is -3.18. The number of sulfone groups is 1. The predicted octanol–water partition coefficient (Wildman–Crippen LogP) is 2.50. The van der Waals surface area contributed by atoms with Crippen LogP contribution in [0.4, 0.5) is 4.79 Å². The number of ether oxygens (including phenoxy) is 1. The lowest BCUT2D eigenvalue weighted by Crippen LogP contribution is -2.43. The number of carbonyl (C=O) groups is 1. The third kappa shape index (κ3) is 8.55. The van der Waals surface area contributed by atoms with Gasteiger partial charge in [0.2, 0.25) is 0 Å². The van der Waals surface area contributed by atoms with Crippen LogP contribution in [0.25, 0.3) is 0 Å². The summed E-state index contributed by atoms with van der Waals surface area (Å²) >= 11 is 0. The largest absolute Gasteiger partial charge is 0.444 e. The Morgan fingerprint density at radius 1 is 1.22 bits per heavy atom. The second-order valence-electron chi connectivity index (χ2n) is 7.43. The van der Waals surface area contributed by atoms with Gasteiger partial charge in [0.05, 0.1) is 17.6 Å². The van der Waals surface area contributed by atoms with Crippen LogP contribution in [-0.4, -0.2) is 49.4 Å². The van der Waals surface area contributed by atoms with Gasteiger partial charge in [0, 0.05) is 12.0 Å². The molecule has 0 rings (SSSR count). The first-order valence-corrected chi connectivity index (χ1v) is 9.88. The first-order chi connectivity index (χ1) is 10.4. The summed E-state index contributed by atoms with van der Waals surface area (Å²) in [6.45, 7) is 10.6. The minimum Gasteiger partial charge on any atom is -0.444 e. The maximum absolute atomic E-state index is 12.0. The van der Waals surface area contributed by atoms with Crippen LogP contribution >= 0.6 is 0 Å². The summed E-state index contributed by atoms with van der Waals surface area (Å²) in [6, 6.07) is 0. The smallest absolute Gasteiger partial charge is 0.407 e. The van der Waals surface area contributed by atoms with E-state index in [2.05, 4.69) is 5.32 Å². The van der Waals surface area contributed by atoms with E-state index in [0.717, 1.165) is 6.42 Å². The van der Waals surface area contributed by atoms with E-state index in [1.54, 1.807) is 34.6 Å². The van der Waals surface area contributed by atoms with Gasteiger partial charge in [0.15, 0.2) is 9.84 Å². The fourth-order valence-corrected chi connectivity index (χ4v) is 3.40. The van der Waals surface area contributed by atoms with Crippen LogP contribution in [0.15, 0.2) is 0 Å². The molecule has 1 unspecified atom stereocenters. The summed E-state index contributed by atoms with van der Waals surface area (Å²) in [5, 5.41) is 12.0. The molecule has 1 amide bonds. The highest BCUT2D eigenvalue weighted by atomic mass is 32.2. The number of hydrogen-bond donors (Lipinski definition) is 2. The highest BCUT2D eigenvalue weighted by Gasteiger charge is 2.32. The molecular weight excluding hydrogens is 318 g/mol. The number of amides is 1. The van der Waals surface area contributed by atoms with Gasteiger partial charge in [-0.2, -0.15) is 0 Å². The zero-order valence-corrected chi connectivity index (χ0v) is 16.1. The van der Waals surface area contributed by atoms with Crippen molar-refractivity contribution in [2.75, 3.05) is 18.9 Å². The van der Waals surface area contributed by atoms with Crippen molar-refractivity contribution in [1.29, 1.82) is 0 Å². The van der Waals surface area contributed by atoms with Gasteiger partial charge < -0.3 is 15.2 Å². The summed E-state index contributed by atoms with van der Waals surface area (Å²) in [5.41, 5.74) is -1.24. The predicted molar refractivity (Wildman–Crippen MR) is 92.2 cm³/mol. The zero-order valence-electron chi connectivity index (χ0n) is 15.3. The van der Waals surface area contributed by atoms with Crippen molar-refractivity contribution < 1.29 is 23.1 Å². The molecule has 0 aromatic rings. The Morgan fingerprint density at radius 2 is 1.78 bits per heavy atom. The summed E-state index contributed by atoms with van der Waals surface area (Å²) in [4.78, 5) is 11.8. The molecule has 0 aromatic heterocycles. The topological polar surface area (TPSA) is 92.7 Å². The van der Waals surface area contributed by atoms with Crippen molar-refractivity contribution in [2.45, 2.75) is 71.7 Å². The van der Waals surface area contributed by atoms with E-state index in [1.807, 2.05) is 6.92 Å². The van der Waals surface area contributed by atoms with Crippen LogP contribution in [-0.2, 0) is 14.6 Å². The van der Waals surface area contributed by atoms with Crippen LogP contribution < -0.4 is 5.32 Å². The molecule has 0 aliphatic heterocycles. The molecule has 138 valence electrons. The Balaban J connectivity index is 4.88. The molecule has 0 bridgehead atoms. The van der Waals surface area contributed by atoms with Crippen molar-refractivity contribution in [3.63, 3.8) is 0 Å². The van der Waals surface area contributed by atoms with Gasteiger partial charge in [-0.15, -0.1) is 0 Å². The third-order valence-corrected chi connectivity index (χ3v) is 5.97. The fourth-order valence-electron chi connectivity index (χ4n) is 2.21. The van der Waals surface area contributed by atoms with E-state index >= 15 is 0 Å². The number of rotatable bonds is 9. The van der Waals surface area contributed by atoms with Crippen LogP contribution in [0.3, 0.4) is 0 Å². The number of nitrogens with one attached hydrogen (secondary N) is 1. The van der Waals surface area contributed by atoms with Crippen LogP contribution in [0.2, 0.25) is 0 Å². The zero-order chi connectivity index (χ0) is 18.3. The van der Waals surface area contributed by atoms with Gasteiger partial charge in [-0.05, 0) is 47.5 Å². The van der Waals surface area contributed by atoms with E-state index in [4.69, 9.17) is 4.74 Å². The minimum atomic E-state index is -3.18. The lowest BCUT2D eigenvalue weighted by atomic mass is 9.81.